The molecule has 2 aromatic rings. The van der Waals surface area contributed by atoms with Crippen LogP contribution in [0, 0.1) is 0 Å². The van der Waals surface area contributed by atoms with E-state index in [0.29, 0.717) is 18.8 Å². The number of hydrogen-bond acceptors (Lipinski definition) is 6. The number of carbonyl (C=O) groups is 1. The summed E-state index contributed by atoms with van der Waals surface area (Å²) >= 11 is 1.67. The van der Waals surface area contributed by atoms with E-state index in [4.69, 9.17) is 0 Å². The summed E-state index contributed by atoms with van der Waals surface area (Å²) in [5.41, 5.74) is 0.372. The molecule has 7 nitrogen and oxygen atoms in total. The predicted octanol–water partition coefficient (Wildman–Crippen LogP) is 0.0229. The van der Waals surface area contributed by atoms with Crippen LogP contribution in [-0.4, -0.2) is 65.1 Å². The number of piperazine rings is 1. The van der Waals surface area contributed by atoms with Crippen LogP contribution in [0.15, 0.2) is 23.7 Å². The normalized spacial score (nSPS) is 15.8. The average molecular weight is 320 g/mol. The summed E-state index contributed by atoms with van der Waals surface area (Å²) in [6.45, 7) is 6.27. The van der Waals surface area contributed by atoms with Crippen molar-refractivity contribution in [2.24, 2.45) is 0 Å². The molecular weight excluding hydrogens is 300 g/mol. The van der Waals surface area contributed by atoms with Crippen molar-refractivity contribution < 1.29 is 4.79 Å². The summed E-state index contributed by atoms with van der Waals surface area (Å²) in [6, 6.07) is 4.04. The van der Waals surface area contributed by atoms with Gasteiger partial charge < -0.3 is 10.6 Å². The molecule has 0 unspecified atom stereocenters. The van der Waals surface area contributed by atoms with Crippen molar-refractivity contribution in [1.82, 2.24) is 30.5 Å². The average Bonchev–Trinajstić information content (AvgIpc) is 3.21. The van der Waals surface area contributed by atoms with E-state index < -0.39 is 0 Å². The molecule has 0 bridgehead atoms. The Labute approximate surface area is 133 Å². The first kappa shape index (κ1) is 15.1. The van der Waals surface area contributed by atoms with E-state index in [9.17, 15) is 4.79 Å². The lowest BCUT2D eigenvalue weighted by Crippen LogP contribution is -2.46. The number of thiophene rings is 1. The fourth-order valence-electron chi connectivity index (χ4n) is 2.39. The lowest BCUT2D eigenvalue weighted by molar-refractivity contribution is 0.0942. The van der Waals surface area contributed by atoms with Crippen LogP contribution in [0.5, 0.6) is 0 Å². The minimum Gasteiger partial charge on any atom is -0.349 e. The van der Waals surface area contributed by atoms with Crippen LogP contribution in [0.2, 0.25) is 0 Å². The number of nitrogens with zero attached hydrogens (tertiary/aromatic N) is 4. The van der Waals surface area contributed by atoms with E-state index in [-0.39, 0.29) is 5.91 Å². The third-order valence-electron chi connectivity index (χ3n) is 3.59. The van der Waals surface area contributed by atoms with Crippen molar-refractivity contribution in [2.75, 3.05) is 39.3 Å². The second-order valence-electron chi connectivity index (χ2n) is 5.23. The summed E-state index contributed by atoms with van der Waals surface area (Å²) in [6.07, 6.45) is 1.69. The molecule has 1 amide bonds. The van der Waals surface area contributed by atoms with Crippen molar-refractivity contribution in [3.8, 4) is 0 Å². The smallest absolute Gasteiger partial charge is 0.273 e. The Kier molecular flexibility index (Phi) is 5.15. The van der Waals surface area contributed by atoms with Crippen molar-refractivity contribution in [3.05, 3.63) is 34.3 Å². The highest BCUT2D eigenvalue weighted by Gasteiger charge is 2.12. The summed E-state index contributed by atoms with van der Waals surface area (Å²) in [5.74, 6) is -0.160. The van der Waals surface area contributed by atoms with E-state index in [1.807, 2.05) is 17.5 Å². The molecule has 0 aliphatic carbocycles. The number of rotatable bonds is 6. The van der Waals surface area contributed by atoms with Gasteiger partial charge in [-0.25, -0.2) is 4.68 Å². The molecule has 2 N–H and O–H groups in total. The molecule has 22 heavy (non-hydrogen) atoms. The van der Waals surface area contributed by atoms with Crippen molar-refractivity contribution >= 4 is 17.2 Å². The molecule has 1 aliphatic heterocycles. The quantitative estimate of drug-likeness (QED) is 0.785. The fraction of sp³-hybridized carbons (Fsp3) is 0.500. The summed E-state index contributed by atoms with van der Waals surface area (Å²) in [7, 11) is 0. The van der Waals surface area contributed by atoms with Gasteiger partial charge >= 0.3 is 0 Å². The van der Waals surface area contributed by atoms with Gasteiger partial charge in [-0.1, -0.05) is 11.3 Å². The van der Waals surface area contributed by atoms with Crippen LogP contribution in [0.4, 0.5) is 0 Å². The molecule has 1 aliphatic rings. The molecule has 1 saturated heterocycles. The van der Waals surface area contributed by atoms with Gasteiger partial charge in [0.1, 0.15) is 0 Å². The zero-order valence-corrected chi connectivity index (χ0v) is 13.2. The maximum atomic E-state index is 12.0. The van der Waals surface area contributed by atoms with E-state index in [0.717, 1.165) is 32.7 Å². The molecular formula is C14H20N6OS. The van der Waals surface area contributed by atoms with Crippen molar-refractivity contribution in [2.45, 2.75) is 6.54 Å². The third-order valence-corrected chi connectivity index (χ3v) is 4.45. The van der Waals surface area contributed by atoms with Gasteiger partial charge in [-0.2, -0.15) is 0 Å². The third kappa shape index (κ3) is 4.12. The van der Waals surface area contributed by atoms with Gasteiger partial charge in [0.05, 0.1) is 12.7 Å². The fourth-order valence-corrected chi connectivity index (χ4v) is 3.09. The highest BCUT2D eigenvalue weighted by molar-refractivity contribution is 7.09. The molecule has 0 aromatic carbocycles. The highest BCUT2D eigenvalue weighted by Crippen LogP contribution is 2.09. The van der Waals surface area contributed by atoms with Crippen LogP contribution in [0.3, 0.4) is 0 Å². The predicted molar refractivity (Wildman–Crippen MR) is 85.1 cm³/mol. The summed E-state index contributed by atoms with van der Waals surface area (Å²) < 4.78 is 1.69. The van der Waals surface area contributed by atoms with Gasteiger partial charge in [0, 0.05) is 44.1 Å². The van der Waals surface area contributed by atoms with Gasteiger partial charge in [-0.05, 0) is 11.4 Å². The zero-order valence-electron chi connectivity index (χ0n) is 12.4. The SMILES string of the molecule is O=C(NCCN1CCNCC1)c1cn(Cc2cccs2)nn1. The topological polar surface area (TPSA) is 75.1 Å². The van der Waals surface area contributed by atoms with Crippen molar-refractivity contribution in [1.29, 1.82) is 0 Å². The van der Waals surface area contributed by atoms with Gasteiger partial charge in [-0.15, -0.1) is 16.4 Å². The molecule has 1 fully saturated rings. The molecule has 3 rings (SSSR count). The second kappa shape index (κ2) is 7.48. The monoisotopic (exact) mass is 320 g/mol. The Balaban J connectivity index is 1.44. The second-order valence-corrected chi connectivity index (χ2v) is 6.26. The zero-order chi connectivity index (χ0) is 15.2. The number of carbonyl (C=O) groups excluding carboxylic acids is 1. The Morgan fingerprint density at radius 3 is 3.05 bits per heavy atom. The van der Waals surface area contributed by atoms with E-state index in [2.05, 4.69) is 25.8 Å². The van der Waals surface area contributed by atoms with Crippen LogP contribution in [0.25, 0.3) is 0 Å². The number of amides is 1. The molecule has 2 aromatic heterocycles. The molecule has 0 spiro atoms. The standard InChI is InChI=1S/C14H20N6OS/c21-14(16-5-8-19-6-3-15-4-7-19)13-11-20(18-17-13)10-12-2-1-9-22-12/h1-2,9,11,15H,3-8,10H2,(H,16,21). The van der Waals surface area contributed by atoms with Crippen LogP contribution in [0.1, 0.15) is 15.4 Å². The van der Waals surface area contributed by atoms with E-state index in [1.54, 1.807) is 22.2 Å². The Hall–Kier alpha value is -1.77. The number of nitrogens with one attached hydrogen (secondary N) is 2. The lowest BCUT2D eigenvalue weighted by atomic mass is 10.3. The van der Waals surface area contributed by atoms with E-state index >= 15 is 0 Å². The van der Waals surface area contributed by atoms with Crippen molar-refractivity contribution in [3.63, 3.8) is 0 Å². The van der Waals surface area contributed by atoms with Crippen LogP contribution >= 0.6 is 11.3 Å². The Morgan fingerprint density at radius 1 is 1.41 bits per heavy atom. The Morgan fingerprint density at radius 2 is 2.27 bits per heavy atom. The van der Waals surface area contributed by atoms with Crippen LogP contribution < -0.4 is 10.6 Å². The number of hydrogen-bond donors (Lipinski definition) is 2. The largest absolute Gasteiger partial charge is 0.349 e. The van der Waals surface area contributed by atoms with Gasteiger partial charge in [0.25, 0.3) is 5.91 Å². The molecule has 0 saturated carbocycles. The molecule has 8 heteroatoms. The molecule has 3 heterocycles. The van der Waals surface area contributed by atoms with Gasteiger partial charge in [0.15, 0.2) is 5.69 Å². The maximum Gasteiger partial charge on any atom is 0.273 e. The first-order valence-electron chi connectivity index (χ1n) is 7.45. The first-order valence-corrected chi connectivity index (χ1v) is 8.33. The van der Waals surface area contributed by atoms with Gasteiger partial charge in [0.2, 0.25) is 0 Å². The molecule has 0 radical (unpaired) electrons. The number of aromatic nitrogens is 3. The van der Waals surface area contributed by atoms with E-state index in [1.165, 1.54) is 4.88 Å². The highest BCUT2D eigenvalue weighted by atomic mass is 32.1. The molecule has 118 valence electrons. The lowest BCUT2D eigenvalue weighted by Gasteiger charge is -2.26. The maximum absolute atomic E-state index is 12.0. The first-order chi connectivity index (χ1) is 10.8. The Bertz CT molecular complexity index is 590. The van der Waals surface area contributed by atoms with Crippen LogP contribution in [-0.2, 0) is 6.54 Å². The van der Waals surface area contributed by atoms with Gasteiger partial charge in [-0.3, -0.25) is 9.69 Å². The summed E-state index contributed by atoms with van der Waals surface area (Å²) in [5, 5.41) is 16.2. The minimum absolute atomic E-state index is 0.160. The minimum atomic E-state index is -0.160. The molecule has 0 atom stereocenters. The summed E-state index contributed by atoms with van der Waals surface area (Å²) in [4.78, 5) is 15.6.